The minimum absolute atomic E-state index is 0.00482. The van der Waals surface area contributed by atoms with E-state index in [1.807, 2.05) is 0 Å². The van der Waals surface area contributed by atoms with Crippen LogP contribution in [0.4, 0.5) is 10.1 Å². The number of nitrogens with zero attached hydrogens (tertiary/aromatic N) is 1. The highest BCUT2D eigenvalue weighted by Crippen LogP contribution is 2.20. The molecule has 5 nitrogen and oxygen atoms in total. The Hall–Kier alpha value is -2.11. The number of likely N-dealkylation sites (tertiary alicyclic amines) is 1. The van der Waals surface area contributed by atoms with Gasteiger partial charge in [-0.2, -0.15) is 0 Å². The maximum Gasteiger partial charge on any atom is 0.253 e. The zero-order chi connectivity index (χ0) is 14.0. The number of anilines is 1. The highest BCUT2D eigenvalue weighted by molar-refractivity contribution is 5.95. The summed E-state index contributed by atoms with van der Waals surface area (Å²) in [5.74, 6) is -1.64. The Morgan fingerprint density at radius 2 is 2.11 bits per heavy atom. The second-order valence-electron chi connectivity index (χ2n) is 4.73. The van der Waals surface area contributed by atoms with Crippen molar-refractivity contribution in [2.45, 2.75) is 12.8 Å². The van der Waals surface area contributed by atoms with Gasteiger partial charge in [0, 0.05) is 18.7 Å². The highest BCUT2D eigenvalue weighted by Gasteiger charge is 2.27. The van der Waals surface area contributed by atoms with Gasteiger partial charge < -0.3 is 16.4 Å². The van der Waals surface area contributed by atoms with Crippen molar-refractivity contribution in [3.8, 4) is 0 Å². The van der Waals surface area contributed by atoms with Crippen LogP contribution in [-0.4, -0.2) is 29.8 Å². The molecule has 1 heterocycles. The first-order chi connectivity index (χ1) is 8.99. The first-order valence-electron chi connectivity index (χ1n) is 6.12. The molecule has 102 valence electrons. The van der Waals surface area contributed by atoms with Gasteiger partial charge in [0.25, 0.3) is 5.91 Å². The lowest BCUT2D eigenvalue weighted by molar-refractivity contribution is -0.123. The maximum atomic E-state index is 13.3. The van der Waals surface area contributed by atoms with Gasteiger partial charge in [0.15, 0.2) is 0 Å². The van der Waals surface area contributed by atoms with Crippen LogP contribution in [0.15, 0.2) is 18.2 Å². The third kappa shape index (κ3) is 2.83. The smallest absolute Gasteiger partial charge is 0.253 e. The number of nitrogen functional groups attached to an aromatic ring is 1. The maximum absolute atomic E-state index is 13.3. The summed E-state index contributed by atoms with van der Waals surface area (Å²) >= 11 is 0. The average Bonchev–Trinajstić information content (AvgIpc) is 2.41. The molecule has 0 saturated carbocycles. The monoisotopic (exact) mass is 265 g/mol. The van der Waals surface area contributed by atoms with Crippen LogP contribution in [0.25, 0.3) is 0 Å². The molecule has 1 aromatic rings. The Balaban J connectivity index is 2.14. The van der Waals surface area contributed by atoms with Crippen molar-refractivity contribution in [1.82, 2.24) is 4.90 Å². The van der Waals surface area contributed by atoms with Gasteiger partial charge in [-0.15, -0.1) is 0 Å². The van der Waals surface area contributed by atoms with Crippen LogP contribution in [-0.2, 0) is 4.79 Å². The van der Waals surface area contributed by atoms with E-state index in [9.17, 15) is 14.0 Å². The molecular weight excluding hydrogens is 249 g/mol. The molecule has 0 aliphatic carbocycles. The van der Waals surface area contributed by atoms with Crippen molar-refractivity contribution in [2.75, 3.05) is 18.8 Å². The third-order valence-corrected chi connectivity index (χ3v) is 3.36. The molecule has 1 saturated heterocycles. The van der Waals surface area contributed by atoms with Gasteiger partial charge in [-0.05, 0) is 31.0 Å². The summed E-state index contributed by atoms with van der Waals surface area (Å²) in [4.78, 5) is 24.9. The minimum atomic E-state index is -0.616. The zero-order valence-corrected chi connectivity index (χ0v) is 10.4. The molecule has 0 aromatic heterocycles. The van der Waals surface area contributed by atoms with E-state index < -0.39 is 11.7 Å². The van der Waals surface area contributed by atoms with E-state index in [1.54, 1.807) is 0 Å². The first kappa shape index (κ1) is 13.3. The number of hydrogen-bond acceptors (Lipinski definition) is 3. The lowest BCUT2D eigenvalue weighted by Gasteiger charge is -2.31. The van der Waals surface area contributed by atoms with E-state index in [-0.39, 0.29) is 23.1 Å². The second-order valence-corrected chi connectivity index (χ2v) is 4.73. The Labute approximate surface area is 110 Å². The van der Waals surface area contributed by atoms with Crippen LogP contribution in [0.3, 0.4) is 0 Å². The quantitative estimate of drug-likeness (QED) is 0.773. The highest BCUT2D eigenvalue weighted by atomic mass is 19.1. The summed E-state index contributed by atoms with van der Waals surface area (Å²) in [5.41, 5.74) is 10.9. The van der Waals surface area contributed by atoms with Crippen molar-refractivity contribution in [2.24, 2.45) is 11.7 Å². The molecule has 1 fully saturated rings. The van der Waals surface area contributed by atoms with Crippen molar-refractivity contribution in [1.29, 1.82) is 0 Å². The third-order valence-electron chi connectivity index (χ3n) is 3.36. The van der Waals surface area contributed by atoms with Crippen LogP contribution in [0.5, 0.6) is 0 Å². The zero-order valence-electron chi connectivity index (χ0n) is 10.4. The topological polar surface area (TPSA) is 89.4 Å². The fraction of sp³-hybridized carbons (Fsp3) is 0.385. The summed E-state index contributed by atoms with van der Waals surface area (Å²) in [7, 11) is 0. The Morgan fingerprint density at radius 3 is 2.74 bits per heavy atom. The summed E-state index contributed by atoms with van der Waals surface area (Å²) in [6.45, 7) is 0.842. The molecule has 1 unspecified atom stereocenters. The summed E-state index contributed by atoms with van der Waals surface area (Å²) < 4.78 is 13.3. The molecule has 1 atom stereocenters. The number of nitrogens with two attached hydrogens (primary N) is 2. The van der Waals surface area contributed by atoms with Crippen molar-refractivity contribution in [3.63, 3.8) is 0 Å². The van der Waals surface area contributed by atoms with E-state index >= 15 is 0 Å². The van der Waals surface area contributed by atoms with Gasteiger partial charge in [-0.3, -0.25) is 9.59 Å². The Bertz CT molecular complexity index is 519. The molecule has 1 aromatic carbocycles. The van der Waals surface area contributed by atoms with Gasteiger partial charge in [-0.25, -0.2) is 4.39 Å². The van der Waals surface area contributed by atoms with Gasteiger partial charge in [0.1, 0.15) is 5.82 Å². The van der Waals surface area contributed by atoms with Gasteiger partial charge in [-0.1, -0.05) is 0 Å². The Morgan fingerprint density at radius 1 is 1.37 bits per heavy atom. The van der Waals surface area contributed by atoms with Crippen LogP contribution in [0, 0.1) is 11.7 Å². The molecule has 6 heteroatoms. The molecule has 2 rings (SSSR count). The van der Waals surface area contributed by atoms with Crippen molar-refractivity contribution in [3.05, 3.63) is 29.6 Å². The SMILES string of the molecule is NC(=O)C1CCCN(C(=O)c2ccc(N)c(F)c2)C1. The number of carbonyl (C=O) groups excluding carboxylic acids is 2. The normalized spacial score (nSPS) is 19.2. The van der Waals surface area contributed by atoms with E-state index in [4.69, 9.17) is 11.5 Å². The largest absolute Gasteiger partial charge is 0.396 e. The van der Waals surface area contributed by atoms with E-state index in [2.05, 4.69) is 0 Å². The molecule has 0 radical (unpaired) electrons. The number of carbonyl (C=O) groups is 2. The number of amides is 2. The molecule has 19 heavy (non-hydrogen) atoms. The summed E-state index contributed by atoms with van der Waals surface area (Å²) in [5, 5.41) is 0. The number of rotatable bonds is 2. The van der Waals surface area contributed by atoms with Crippen molar-refractivity contribution < 1.29 is 14.0 Å². The molecular formula is C13H16FN3O2. The van der Waals surface area contributed by atoms with Crippen LogP contribution in [0.2, 0.25) is 0 Å². The lowest BCUT2D eigenvalue weighted by Crippen LogP contribution is -2.44. The number of benzene rings is 1. The minimum Gasteiger partial charge on any atom is -0.396 e. The van der Waals surface area contributed by atoms with E-state index in [1.165, 1.54) is 17.0 Å². The van der Waals surface area contributed by atoms with E-state index in [0.29, 0.717) is 19.5 Å². The van der Waals surface area contributed by atoms with Crippen LogP contribution in [0.1, 0.15) is 23.2 Å². The predicted molar refractivity (Wildman–Crippen MR) is 68.6 cm³/mol. The lowest BCUT2D eigenvalue weighted by atomic mass is 9.97. The standard InChI is InChI=1S/C13H16FN3O2/c14-10-6-8(3-4-11(10)15)13(19)17-5-1-2-9(7-17)12(16)18/h3-4,6,9H,1-2,5,7,15H2,(H2,16,18). The summed E-state index contributed by atoms with van der Waals surface area (Å²) in [6, 6.07) is 3.96. The van der Waals surface area contributed by atoms with Crippen LogP contribution >= 0.6 is 0 Å². The summed E-state index contributed by atoms with van der Waals surface area (Å²) in [6.07, 6.45) is 1.41. The van der Waals surface area contributed by atoms with Crippen molar-refractivity contribution >= 4 is 17.5 Å². The van der Waals surface area contributed by atoms with Gasteiger partial charge in [0.05, 0.1) is 11.6 Å². The fourth-order valence-electron chi connectivity index (χ4n) is 2.24. The predicted octanol–water partition coefficient (Wildman–Crippen LogP) is 0.745. The Kier molecular flexibility index (Phi) is 3.69. The molecule has 1 aliphatic heterocycles. The molecule has 1 aliphatic rings. The number of piperidine rings is 1. The first-order valence-corrected chi connectivity index (χ1v) is 6.12. The second kappa shape index (κ2) is 5.26. The fourth-order valence-corrected chi connectivity index (χ4v) is 2.24. The number of hydrogen-bond donors (Lipinski definition) is 2. The molecule has 0 spiro atoms. The molecule has 4 N–H and O–H groups in total. The molecule has 2 amide bonds. The van der Waals surface area contributed by atoms with E-state index in [0.717, 1.165) is 12.5 Å². The number of primary amides is 1. The molecule has 0 bridgehead atoms. The van der Waals surface area contributed by atoms with Gasteiger partial charge in [0.2, 0.25) is 5.91 Å². The average molecular weight is 265 g/mol. The van der Waals surface area contributed by atoms with Gasteiger partial charge >= 0.3 is 0 Å². The van der Waals surface area contributed by atoms with Crippen LogP contribution < -0.4 is 11.5 Å². The number of halogens is 1.